The largest absolute Gasteiger partial charge is 0.489 e. The van der Waals surface area contributed by atoms with Crippen molar-refractivity contribution in [3.63, 3.8) is 0 Å². The quantitative estimate of drug-likeness (QED) is 0.0725. The summed E-state index contributed by atoms with van der Waals surface area (Å²) < 4.78 is 17.4. The number of carbonyl (C=O) groups is 1. The van der Waals surface area contributed by atoms with Crippen molar-refractivity contribution in [1.29, 1.82) is 5.53 Å². The lowest BCUT2D eigenvalue weighted by Gasteiger charge is -2.19. The molecule has 1 aliphatic rings. The Morgan fingerprint density at radius 2 is 1.57 bits per heavy atom. The van der Waals surface area contributed by atoms with Crippen molar-refractivity contribution in [2.24, 2.45) is 22.9 Å². The minimum absolute atomic E-state index is 0.206. The van der Waals surface area contributed by atoms with Crippen LogP contribution in [0.15, 0.2) is 101 Å². The third-order valence-electron chi connectivity index (χ3n) is 7.21. The van der Waals surface area contributed by atoms with Crippen molar-refractivity contribution < 1.29 is 24.3 Å². The number of quaternary nitrogens is 1. The Morgan fingerprint density at radius 3 is 2.17 bits per heavy atom. The number of carbonyl (C=O) groups excluding carboxylic acids is 1. The smallest absolute Gasteiger partial charge is 0.306 e. The minimum atomic E-state index is -0.241. The molecular formula is C35H44N3O4+. The maximum atomic E-state index is 12.8. The van der Waals surface area contributed by atoms with Gasteiger partial charge in [0.25, 0.3) is 0 Å². The summed E-state index contributed by atoms with van der Waals surface area (Å²) in [5, 5.41) is 6.18. The molecule has 0 unspecified atom stereocenters. The molecule has 0 saturated heterocycles. The first kappa shape index (κ1) is 31.1. The van der Waals surface area contributed by atoms with E-state index < -0.39 is 0 Å². The van der Waals surface area contributed by atoms with Crippen LogP contribution in [0.3, 0.4) is 0 Å². The number of esters is 1. The van der Waals surface area contributed by atoms with Crippen molar-refractivity contribution >= 4 is 11.7 Å². The molecular weight excluding hydrogens is 526 g/mol. The Labute approximate surface area is 249 Å². The number of allylic oxidation sites excluding steroid dienone is 2. The molecule has 0 aliphatic heterocycles. The van der Waals surface area contributed by atoms with Crippen molar-refractivity contribution in [3.8, 4) is 5.75 Å². The number of benzene rings is 3. The molecule has 222 valence electrons. The monoisotopic (exact) mass is 570 g/mol. The van der Waals surface area contributed by atoms with Crippen molar-refractivity contribution in [1.82, 2.24) is 0 Å². The minimum Gasteiger partial charge on any atom is -0.489 e. The highest BCUT2D eigenvalue weighted by molar-refractivity contribution is 5.70. The number of hydrogen-bond donors (Lipinski definition) is 2. The molecule has 3 aromatic carbocycles. The molecule has 4 rings (SSSR count). The molecule has 7 nitrogen and oxygen atoms in total. The van der Waals surface area contributed by atoms with Crippen LogP contribution >= 0.6 is 0 Å². The van der Waals surface area contributed by atoms with E-state index in [0.29, 0.717) is 44.5 Å². The predicted octanol–water partition coefficient (Wildman–Crippen LogP) is 7.32. The normalized spacial score (nSPS) is 14.3. The van der Waals surface area contributed by atoms with E-state index in [-0.39, 0.29) is 24.2 Å². The van der Waals surface area contributed by atoms with Gasteiger partial charge in [0.2, 0.25) is 0 Å². The number of ether oxygens (including phenoxy) is 3. The average molecular weight is 571 g/mol. The van der Waals surface area contributed by atoms with Gasteiger partial charge in [-0.2, -0.15) is 5.11 Å². The molecule has 1 atom stereocenters. The molecule has 0 amide bonds. The lowest BCUT2D eigenvalue weighted by molar-refractivity contribution is -0.524. The van der Waals surface area contributed by atoms with E-state index in [0.717, 1.165) is 47.5 Å². The molecule has 3 aromatic rings. The summed E-state index contributed by atoms with van der Waals surface area (Å²) in [6.07, 6.45) is 3.79. The van der Waals surface area contributed by atoms with Gasteiger partial charge in [-0.1, -0.05) is 74.5 Å². The van der Waals surface area contributed by atoms with Crippen LogP contribution in [0.5, 0.6) is 5.75 Å². The second-order valence-electron chi connectivity index (χ2n) is 11.4. The summed E-state index contributed by atoms with van der Waals surface area (Å²) in [6.45, 7) is 6.09. The van der Waals surface area contributed by atoms with Crippen LogP contribution in [0.2, 0.25) is 0 Å². The highest BCUT2D eigenvalue weighted by Crippen LogP contribution is 2.38. The number of rotatable bonds is 18. The Bertz CT molecular complexity index is 1270. The summed E-state index contributed by atoms with van der Waals surface area (Å²) in [5.74, 6) is 0.980. The first-order chi connectivity index (χ1) is 20.5. The van der Waals surface area contributed by atoms with Gasteiger partial charge in [0.1, 0.15) is 29.4 Å². The van der Waals surface area contributed by atoms with Gasteiger partial charge in [-0.15, -0.1) is 0 Å². The zero-order valence-corrected chi connectivity index (χ0v) is 24.8. The number of hydrogen-bond acceptors (Lipinski definition) is 6. The third kappa shape index (κ3) is 10.5. The van der Waals surface area contributed by atoms with Crippen LogP contribution in [-0.2, 0) is 27.5 Å². The zero-order chi connectivity index (χ0) is 29.6. The van der Waals surface area contributed by atoms with Crippen molar-refractivity contribution in [2.75, 3.05) is 13.2 Å². The van der Waals surface area contributed by atoms with E-state index in [1.54, 1.807) is 0 Å². The lowest BCUT2D eigenvalue weighted by Crippen LogP contribution is -2.76. The topological polar surface area (TPSA) is 97.6 Å². The zero-order valence-electron chi connectivity index (χ0n) is 24.8. The van der Waals surface area contributed by atoms with E-state index in [4.69, 9.17) is 19.7 Å². The average Bonchev–Trinajstić information content (AvgIpc) is 3.86. The maximum Gasteiger partial charge on any atom is 0.306 e. The third-order valence-corrected chi connectivity index (χ3v) is 7.21. The molecule has 7 heteroatoms. The predicted molar refractivity (Wildman–Crippen MR) is 163 cm³/mol. The highest BCUT2D eigenvalue weighted by Gasteiger charge is 2.36. The van der Waals surface area contributed by atoms with E-state index in [1.165, 1.54) is 0 Å². The summed E-state index contributed by atoms with van der Waals surface area (Å²) in [4.78, 5) is 12.8. The lowest BCUT2D eigenvalue weighted by atomic mass is 9.93. The molecule has 0 spiro atoms. The fourth-order valence-corrected chi connectivity index (χ4v) is 4.82. The van der Waals surface area contributed by atoms with Crippen LogP contribution in [-0.4, -0.2) is 19.2 Å². The van der Waals surface area contributed by atoms with Gasteiger partial charge in [-0.05, 0) is 54.9 Å². The van der Waals surface area contributed by atoms with Crippen LogP contribution in [0.25, 0.3) is 0 Å². The maximum absolute atomic E-state index is 12.8. The van der Waals surface area contributed by atoms with Crippen LogP contribution in [0, 0.1) is 23.3 Å². The molecule has 42 heavy (non-hydrogen) atoms. The molecule has 0 bridgehead atoms. The summed E-state index contributed by atoms with van der Waals surface area (Å²) in [6, 6.07) is 28.2. The van der Waals surface area contributed by atoms with Crippen LogP contribution in [0.4, 0.5) is 5.69 Å². The molecule has 1 fully saturated rings. The van der Waals surface area contributed by atoms with Gasteiger partial charge in [0, 0.05) is 30.6 Å². The Balaban J connectivity index is 1.43. The van der Waals surface area contributed by atoms with Gasteiger partial charge in [0.05, 0.1) is 19.6 Å². The second kappa shape index (κ2) is 16.6. The van der Waals surface area contributed by atoms with Crippen LogP contribution in [0.1, 0.15) is 57.1 Å². The van der Waals surface area contributed by atoms with Crippen molar-refractivity contribution in [2.45, 2.75) is 59.2 Å². The van der Waals surface area contributed by atoms with Crippen molar-refractivity contribution in [3.05, 3.63) is 107 Å². The molecule has 0 radical (unpaired) electrons. The Kier molecular flexibility index (Phi) is 12.3. The number of nitrogens with two attached hydrogens (primary N) is 1. The Morgan fingerprint density at radius 1 is 0.929 bits per heavy atom. The van der Waals surface area contributed by atoms with E-state index in [1.807, 2.05) is 98.8 Å². The first-order valence-electron chi connectivity index (χ1n) is 15.0. The summed E-state index contributed by atoms with van der Waals surface area (Å²) in [7, 11) is 0. The SMILES string of the molecule is CC(C)COC(=O)C[C@H](CCCOCc1ccccc1)/C(N=N)=C(/[NH2+]c1ccc(OCc2ccccc2)cc1)C1CC1. The van der Waals surface area contributed by atoms with E-state index in [2.05, 4.69) is 10.4 Å². The molecule has 0 heterocycles. The fraction of sp³-hybridized carbons (Fsp3) is 0.400. The fourth-order valence-electron chi connectivity index (χ4n) is 4.82. The molecule has 1 aliphatic carbocycles. The van der Waals surface area contributed by atoms with E-state index >= 15 is 0 Å². The standard InChI is InChI=1S/C35H43N3O4/c1-26(2)23-42-33(39)22-30(14-9-21-40-24-27-10-5-3-6-11-27)35(38-36)34(29-15-16-29)37-31-17-19-32(20-18-31)41-25-28-12-7-4-8-13-28/h3-8,10-13,17-20,26,29-30,36-37H,9,14-16,21-25H2,1-2H3/p+1/b35-34-,38-36?/t30-/m0/s1. The number of nitrogens with zero attached hydrogens (tertiary/aromatic N) is 1. The summed E-state index contributed by atoms with van der Waals surface area (Å²) >= 11 is 0. The molecule has 3 N–H and O–H groups in total. The molecule has 1 saturated carbocycles. The van der Waals surface area contributed by atoms with Gasteiger partial charge in [0.15, 0.2) is 0 Å². The van der Waals surface area contributed by atoms with Gasteiger partial charge in [-0.3, -0.25) is 10.1 Å². The Hall–Kier alpha value is -3.81. The summed E-state index contributed by atoms with van der Waals surface area (Å²) in [5.41, 5.74) is 13.2. The van der Waals surface area contributed by atoms with Gasteiger partial charge >= 0.3 is 5.97 Å². The second-order valence-corrected chi connectivity index (χ2v) is 11.4. The van der Waals surface area contributed by atoms with E-state index in [9.17, 15) is 4.79 Å². The van der Waals surface area contributed by atoms with Crippen LogP contribution < -0.4 is 10.1 Å². The van der Waals surface area contributed by atoms with Gasteiger partial charge in [-0.25, -0.2) is 5.53 Å². The number of nitrogens with one attached hydrogen (secondary N) is 1. The van der Waals surface area contributed by atoms with Gasteiger partial charge < -0.3 is 14.2 Å². The molecule has 0 aromatic heterocycles. The first-order valence-corrected chi connectivity index (χ1v) is 15.0. The highest BCUT2D eigenvalue weighted by atomic mass is 16.5.